The van der Waals surface area contributed by atoms with Crippen LogP contribution >= 0.6 is 0 Å². The van der Waals surface area contributed by atoms with Crippen molar-refractivity contribution < 1.29 is 13.2 Å². The molecule has 0 aliphatic rings. The van der Waals surface area contributed by atoms with Gasteiger partial charge in [0, 0.05) is 25.8 Å². The number of hydrogen-bond donors (Lipinski definition) is 3. The molecule has 1 amide bonds. The van der Waals surface area contributed by atoms with Crippen LogP contribution in [-0.2, 0) is 21.9 Å². The first-order valence-electron chi connectivity index (χ1n) is 6.78. The van der Waals surface area contributed by atoms with Crippen LogP contribution in [0.25, 0.3) is 0 Å². The SMILES string of the molecule is CCN[C@H](C)CNC(=O)C(C)NS(=O)(=O)c1cnn(C)c1. The standard InChI is InChI=1S/C12H23N5O3S/c1-5-13-9(2)6-14-12(18)10(3)16-21(19,20)11-7-15-17(4)8-11/h7-10,13,16H,5-6H2,1-4H3,(H,14,18)/t9-,10?/m1/s1. The Kier molecular flexibility index (Phi) is 6.31. The second-order valence-electron chi connectivity index (χ2n) is 4.90. The molecule has 9 heteroatoms. The number of rotatable bonds is 8. The van der Waals surface area contributed by atoms with E-state index in [0.29, 0.717) is 6.54 Å². The molecule has 0 spiro atoms. The lowest BCUT2D eigenvalue weighted by molar-refractivity contribution is -0.122. The van der Waals surface area contributed by atoms with Crippen molar-refractivity contribution in [1.29, 1.82) is 0 Å². The third kappa shape index (κ3) is 5.44. The Morgan fingerprint density at radius 3 is 2.62 bits per heavy atom. The van der Waals surface area contributed by atoms with Crippen LogP contribution in [0, 0.1) is 0 Å². The summed E-state index contributed by atoms with van der Waals surface area (Å²) < 4.78 is 27.8. The fraction of sp³-hybridized carbons (Fsp3) is 0.667. The van der Waals surface area contributed by atoms with Crippen LogP contribution in [0.5, 0.6) is 0 Å². The number of aromatic nitrogens is 2. The summed E-state index contributed by atoms with van der Waals surface area (Å²) in [4.78, 5) is 11.9. The van der Waals surface area contributed by atoms with Crippen LogP contribution in [-0.4, -0.2) is 49.3 Å². The summed E-state index contributed by atoms with van der Waals surface area (Å²) in [6, 6.07) is -0.731. The number of amides is 1. The Bertz CT molecular complexity index is 569. The Labute approximate surface area is 125 Å². The molecule has 3 N–H and O–H groups in total. The molecule has 8 nitrogen and oxygen atoms in total. The summed E-state index contributed by atoms with van der Waals surface area (Å²) >= 11 is 0. The number of aryl methyl sites for hydroxylation is 1. The topological polar surface area (TPSA) is 105 Å². The molecule has 0 aliphatic heterocycles. The van der Waals surface area contributed by atoms with Crippen molar-refractivity contribution in [3.8, 4) is 0 Å². The molecular formula is C12H23N5O3S. The van der Waals surface area contributed by atoms with Crippen molar-refractivity contribution >= 4 is 15.9 Å². The summed E-state index contributed by atoms with van der Waals surface area (Å²) in [5.74, 6) is -0.368. The summed E-state index contributed by atoms with van der Waals surface area (Å²) in [5.41, 5.74) is 0. The first-order valence-corrected chi connectivity index (χ1v) is 8.26. The van der Waals surface area contributed by atoms with E-state index in [-0.39, 0.29) is 16.8 Å². The average Bonchev–Trinajstić information content (AvgIpc) is 2.83. The predicted octanol–water partition coefficient (Wildman–Crippen LogP) is -0.799. The summed E-state index contributed by atoms with van der Waals surface area (Å²) in [6.45, 7) is 6.66. The highest BCUT2D eigenvalue weighted by Gasteiger charge is 2.23. The lowest BCUT2D eigenvalue weighted by Crippen LogP contribution is -2.48. The number of carbonyl (C=O) groups excluding carboxylic acids is 1. The van der Waals surface area contributed by atoms with Crippen molar-refractivity contribution in [2.24, 2.45) is 7.05 Å². The van der Waals surface area contributed by atoms with Gasteiger partial charge in [-0.05, 0) is 20.4 Å². The fourth-order valence-corrected chi connectivity index (χ4v) is 2.91. The van der Waals surface area contributed by atoms with E-state index in [1.807, 2.05) is 13.8 Å². The smallest absolute Gasteiger partial charge is 0.244 e. The zero-order chi connectivity index (χ0) is 16.0. The van der Waals surface area contributed by atoms with Crippen molar-refractivity contribution in [2.45, 2.75) is 37.8 Å². The van der Waals surface area contributed by atoms with Crippen molar-refractivity contribution in [1.82, 2.24) is 25.1 Å². The molecule has 0 saturated carbocycles. The highest BCUT2D eigenvalue weighted by Crippen LogP contribution is 2.06. The van der Waals surface area contributed by atoms with Gasteiger partial charge >= 0.3 is 0 Å². The zero-order valence-electron chi connectivity index (χ0n) is 12.8. The Morgan fingerprint density at radius 1 is 1.43 bits per heavy atom. The van der Waals surface area contributed by atoms with Crippen LogP contribution < -0.4 is 15.4 Å². The molecule has 1 aromatic heterocycles. The molecule has 0 aromatic carbocycles. The maximum atomic E-state index is 12.0. The maximum Gasteiger partial charge on any atom is 0.244 e. The Morgan fingerprint density at radius 2 is 2.10 bits per heavy atom. The van der Waals surface area contributed by atoms with Crippen LogP contribution in [0.4, 0.5) is 0 Å². The van der Waals surface area contributed by atoms with Gasteiger partial charge in [0.05, 0.1) is 12.2 Å². The van der Waals surface area contributed by atoms with E-state index in [1.165, 1.54) is 24.0 Å². The predicted molar refractivity (Wildman–Crippen MR) is 79.1 cm³/mol. The van der Waals surface area contributed by atoms with Gasteiger partial charge in [-0.3, -0.25) is 9.48 Å². The van der Waals surface area contributed by atoms with Crippen molar-refractivity contribution in [3.05, 3.63) is 12.4 Å². The van der Waals surface area contributed by atoms with Gasteiger partial charge in [0.1, 0.15) is 4.90 Å². The molecule has 0 bridgehead atoms. The van der Waals surface area contributed by atoms with Gasteiger partial charge in [-0.1, -0.05) is 6.92 Å². The van der Waals surface area contributed by atoms with Gasteiger partial charge in [-0.2, -0.15) is 9.82 Å². The van der Waals surface area contributed by atoms with Gasteiger partial charge in [0.2, 0.25) is 15.9 Å². The molecule has 1 heterocycles. The number of hydrogen-bond acceptors (Lipinski definition) is 5. The molecule has 0 radical (unpaired) electrons. The molecule has 0 saturated heterocycles. The number of carbonyl (C=O) groups is 1. The van der Waals surface area contributed by atoms with Gasteiger partial charge in [0.15, 0.2) is 0 Å². The lowest BCUT2D eigenvalue weighted by atomic mass is 10.3. The molecule has 21 heavy (non-hydrogen) atoms. The molecule has 1 aromatic rings. The van der Waals surface area contributed by atoms with E-state index >= 15 is 0 Å². The molecule has 2 atom stereocenters. The number of nitrogens with zero attached hydrogens (tertiary/aromatic N) is 2. The van der Waals surface area contributed by atoms with E-state index in [4.69, 9.17) is 0 Å². The van der Waals surface area contributed by atoms with Crippen LogP contribution in [0.3, 0.4) is 0 Å². The number of sulfonamides is 1. The minimum Gasteiger partial charge on any atom is -0.353 e. The molecule has 1 rings (SSSR count). The second-order valence-corrected chi connectivity index (χ2v) is 6.61. The third-order valence-corrected chi connectivity index (χ3v) is 4.35. The van der Waals surface area contributed by atoms with E-state index in [2.05, 4.69) is 20.5 Å². The first-order chi connectivity index (χ1) is 9.76. The summed E-state index contributed by atoms with van der Waals surface area (Å²) in [7, 11) is -2.12. The number of nitrogens with one attached hydrogen (secondary N) is 3. The van der Waals surface area contributed by atoms with E-state index in [9.17, 15) is 13.2 Å². The van der Waals surface area contributed by atoms with Gasteiger partial charge < -0.3 is 10.6 Å². The highest BCUT2D eigenvalue weighted by atomic mass is 32.2. The minimum atomic E-state index is -3.74. The zero-order valence-corrected chi connectivity index (χ0v) is 13.6. The largest absolute Gasteiger partial charge is 0.353 e. The fourth-order valence-electron chi connectivity index (χ4n) is 1.72. The monoisotopic (exact) mass is 317 g/mol. The van der Waals surface area contributed by atoms with E-state index < -0.39 is 16.1 Å². The molecular weight excluding hydrogens is 294 g/mol. The molecule has 120 valence electrons. The minimum absolute atomic E-state index is 0.0330. The average molecular weight is 317 g/mol. The van der Waals surface area contributed by atoms with E-state index in [1.54, 1.807) is 7.05 Å². The second kappa shape index (κ2) is 7.53. The van der Waals surface area contributed by atoms with Crippen molar-refractivity contribution in [3.63, 3.8) is 0 Å². The van der Waals surface area contributed by atoms with Crippen LogP contribution in [0.1, 0.15) is 20.8 Å². The van der Waals surface area contributed by atoms with Gasteiger partial charge in [0.25, 0.3) is 0 Å². The Hall–Kier alpha value is -1.45. The maximum absolute atomic E-state index is 12.0. The highest BCUT2D eigenvalue weighted by molar-refractivity contribution is 7.89. The third-order valence-electron chi connectivity index (χ3n) is 2.85. The van der Waals surface area contributed by atoms with Crippen LogP contribution in [0.2, 0.25) is 0 Å². The van der Waals surface area contributed by atoms with Crippen molar-refractivity contribution in [2.75, 3.05) is 13.1 Å². The summed E-state index contributed by atoms with van der Waals surface area (Å²) in [6.07, 6.45) is 2.61. The Balaban J connectivity index is 2.55. The summed E-state index contributed by atoms with van der Waals surface area (Å²) in [5, 5.41) is 9.65. The molecule has 0 fully saturated rings. The number of likely N-dealkylation sites (N-methyl/N-ethyl adjacent to an activating group) is 1. The van der Waals surface area contributed by atoms with Gasteiger partial charge in [-0.25, -0.2) is 8.42 Å². The quantitative estimate of drug-likeness (QED) is 0.582. The van der Waals surface area contributed by atoms with E-state index in [0.717, 1.165) is 6.54 Å². The van der Waals surface area contributed by atoms with Crippen LogP contribution in [0.15, 0.2) is 17.3 Å². The molecule has 0 aliphatic carbocycles. The normalized spacial score (nSPS) is 14.7. The van der Waals surface area contributed by atoms with Gasteiger partial charge in [-0.15, -0.1) is 0 Å². The molecule has 1 unspecified atom stereocenters. The lowest BCUT2D eigenvalue weighted by Gasteiger charge is -2.17. The first kappa shape index (κ1) is 17.6.